The summed E-state index contributed by atoms with van der Waals surface area (Å²) in [4.78, 5) is 22.0. The molecule has 0 spiro atoms. The van der Waals surface area contributed by atoms with Gasteiger partial charge in [-0.3, -0.25) is 4.79 Å². The van der Waals surface area contributed by atoms with Gasteiger partial charge in [0.15, 0.2) is 5.54 Å². The zero-order valence-corrected chi connectivity index (χ0v) is 21.8. The van der Waals surface area contributed by atoms with E-state index in [0.29, 0.717) is 35.9 Å². The van der Waals surface area contributed by atoms with E-state index in [1.165, 1.54) is 11.1 Å². The molecule has 200 valence electrons. The van der Waals surface area contributed by atoms with Crippen LogP contribution in [-0.4, -0.2) is 47.8 Å². The summed E-state index contributed by atoms with van der Waals surface area (Å²) in [5.41, 5.74) is 12.2. The third-order valence-electron chi connectivity index (χ3n) is 7.32. The lowest BCUT2D eigenvalue weighted by molar-refractivity contribution is -0.129. The number of aliphatic imine (C=N–C) groups is 1. The van der Waals surface area contributed by atoms with Crippen LogP contribution in [-0.2, 0) is 28.8 Å². The highest BCUT2D eigenvalue weighted by Crippen LogP contribution is 2.36. The van der Waals surface area contributed by atoms with Gasteiger partial charge in [0.25, 0.3) is 5.91 Å². The minimum atomic E-state index is -1.26. The SMILES string of the molecule is C[C@H]1OC(c2ccc(OCCCO)cc2)=N[C@@]1(Cc1ccccc1N=[N+]=[N-])C(=O)NC1Cc2ccccc2C1. The van der Waals surface area contributed by atoms with Gasteiger partial charge in [0.2, 0.25) is 5.90 Å². The van der Waals surface area contributed by atoms with Crippen molar-refractivity contribution in [2.75, 3.05) is 13.2 Å². The Hall–Kier alpha value is -4.33. The van der Waals surface area contributed by atoms with E-state index in [-0.39, 0.29) is 25.0 Å². The van der Waals surface area contributed by atoms with E-state index in [4.69, 9.17) is 25.1 Å². The molecule has 39 heavy (non-hydrogen) atoms. The van der Waals surface area contributed by atoms with Crippen LogP contribution in [0.15, 0.2) is 82.9 Å². The second-order valence-corrected chi connectivity index (χ2v) is 9.89. The van der Waals surface area contributed by atoms with Crippen LogP contribution in [0.3, 0.4) is 0 Å². The van der Waals surface area contributed by atoms with Gasteiger partial charge in [-0.05, 0) is 66.3 Å². The van der Waals surface area contributed by atoms with E-state index in [9.17, 15) is 4.79 Å². The number of hydrogen-bond acceptors (Lipinski definition) is 6. The second kappa shape index (κ2) is 11.6. The van der Waals surface area contributed by atoms with Gasteiger partial charge in [-0.1, -0.05) is 53.6 Å². The maximum absolute atomic E-state index is 14.1. The summed E-state index contributed by atoms with van der Waals surface area (Å²) < 4.78 is 11.9. The van der Waals surface area contributed by atoms with Crippen LogP contribution in [0, 0.1) is 0 Å². The first-order valence-corrected chi connectivity index (χ1v) is 13.1. The minimum Gasteiger partial charge on any atom is -0.494 e. The fourth-order valence-corrected chi connectivity index (χ4v) is 5.21. The number of azide groups is 1. The van der Waals surface area contributed by atoms with Crippen LogP contribution in [0.1, 0.15) is 35.6 Å². The molecule has 2 N–H and O–H groups in total. The second-order valence-electron chi connectivity index (χ2n) is 9.89. The van der Waals surface area contributed by atoms with Gasteiger partial charge in [0.05, 0.1) is 6.61 Å². The Balaban J connectivity index is 1.45. The van der Waals surface area contributed by atoms with Crippen molar-refractivity contribution in [3.8, 4) is 5.75 Å². The van der Waals surface area contributed by atoms with Crippen molar-refractivity contribution in [2.24, 2.45) is 10.1 Å². The summed E-state index contributed by atoms with van der Waals surface area (Å²) in [6.45, 7) is 2.34. The number of carbonyl (C=O) groups excluding carboxylic acids is 1. The molecule has 9 heteroatoms. The molecule has 0 saturated heterocycles. The van der Waals surface area contributed by atoms with Crippen LogP contribution in [0.4, 0.5) is 5.69 Å². The molecule has 1 amide bonds. The zero-order valence-electron chi connectivity index (χ0n) is 21.8. The van der Waals surface area contributed by atoms with Crippen molar-refractivity contribution in [3.63, 3.8) is 0 Å². The maximum Gasteiger partial charge on any atom is 0.252 e. The summed E-state index contributed by atoms with van der Waals surface area (Å²) in [6.07, 6.45) is 1.71. The average Bonchev–Trinajstić information content (AvgIpc) is 3.51. The van der Waals surface area contributed by atoms with Crippen molar-refractivity contribution >= 4 is 17.5 Å². The monoisotopic (exact) mass is 525 g/mol. The number of nitrogens with zero attached hydrogens (tertiary/aromatic N) is 4. The number of fused-ring (bicyclic) bond motifs is 1. The van der Waals surface area contributed by atoms with E-state index in [0.717, 1.165) is 18.4 Å². The molecular formula is C30H31N5O4. The number of benzene rings is 3. The molecule has 0 saturated carbocycles. The Morgan fingerprint density at radius 2 is 1.82 bits per heavy atom. The highest BCUT2D eigenvalue weighted by atomic mass is 16.5. The number of ether oxygens (including phenoxy) is 2. The minimum absolute atomic E-state index is 0.0408. The van der Waals surface area contributed by atoms with Crippen LogP contribution >= 0.6 is 0 Å². The molecule has 3 aromatic carbocycles. The topological polar surface area (TPSA) is 129 Å². The van der Waals surface area contributed by atoms with E-state index in [2.05, 4.69) is 27.5 Å². The molecule has 0 radical (unpaired) electrons. The first kappa shape index (κ1) is 26.3. The molecule has 2 aliphatic rings. The van der Waals surface area contributed by atoms with E-state index < -0.39 is 11.6 Å². The predicted octanol–water partition coefficient (Wildman–Crippen LogP) is 4.82. The third-order valence-corrected chi connectivity index (χ3v) is 7.32. The van der Waals surface area contributed by atoms with Crippen molar-refractivity contribution in [1.82, 2.24) is 5.32 Å². The summed E-state index contributed by atoms with van der Waals surface area (Å²) in [5, 5.41) is 16.1. The lowest BCUT2D eigenvalue weighted by Gasteiger charge is -2.30. The maximum atomic E-state index is 14.1. The smallest absolute Gasteiger partial charge is 0.252 e. The number of carbonyl (C=O) groups is 1. The van der Waals surface area contributed by atoms with Gasteiger partial charge in [-0.2, -0.15) is 0 Å². The van der Waals surface area contributed by atoms with Crippen molar-refractivity contribution in [1.29, 1.82) is 0 Å². The fraction of sp³-hybridized carbons (Fsp3) is 0.333. The number of nitrogens with one attached hydrogen (secondary N) is 1. The molecule has 1 aliphatic carbocycles. The Bertz CT molecular complexity index is 1390. The number of hydrogen-bond donors (Lipinski definition) is 2. The fourth-order valence-electron chi connectivity index (χ4n) is 5.21. The predicted molar refractivity (Wildman–Crippen MR) is 148 cm³/mol. The van der Waals surface area contributed by atoms with Crippen LogP contribution in [0.2, 0.25) is 0 Å². The van der Waals surface area contributed by atoms with Crippen LogP contribution in [0.5, 0.6) is 5.75 Å². The molecule has 0 fully saturated rings. The standard InChI is InChI=1S/C30H31N5O4/c1-20-30(19-24-9-4-5-10-27(24)34-35-31,29(37)32-25-17-22-7-2-3-8-23(22)18-25)33-28(39-20)21-11-13-26(14-12-21)38-16-6-15-36/h2-5,7-14,20,25,36H,6,15-19H2,1H3,(H,32,37)/t20-,30-/m1/s1. The molecule has 5 rings (SSSR count). The normalized spacial score (nSPS) is 19.9. The van der Waals surface area contributed by atoms with E-state index in [1.54, 1.807) is 12.1 Å². The number of aliphatic hydroxyl groups excluding tert-OH is 1. The zero-order chi connectivity index (χ0) is 27.2. The van der Waals surface area contributed by atoms with Gasteiger partial charge < -0.3 is 19.9 Å². The molecule has 3 aromatic rings. The summed E-state index contributed by atoms with van der Waals surface area (Å²) >= 11 is 0. The third kappa shape index (κ3) is 5.60. The van der Waals surface area contributed by atoms with Gasteiger partial charge in [-0.25, -0.2) is 4.99 Å². The van der Waals surface area contributed by atoms with Crippen molar-refractivity contribution < 1.29 is 19.4 Å². The van der Waals surface area contributed by atoms with Gasteiger partial charge in [-0.15, -0.1) is 0 Å². The average molecular weight is 526 g/mol. The molecule has 1 aliphatic heterocycles. The quantitative estimate of drug-likeness (QED) is 0.170. The van der Waals surface area contributed by atoms with Crippen molar-refractivity contribution in [3.05, 3.63) is 105 Å². The molecule has 0 aromatic heterocycles. The Labute approximate surface area is 227 Å². The van der Waals surface area contributed by atoms with Gasteiger partial charge >= 0.3 is 0 Å². The van der Waals surface area contributed by atoms with E-state index >= 15 is 0 Å². The van der Waals surface area contributed by atoms with Gasteiger partial charge in [0.1, 0.15) is 11.9 Å². The summed E-state index contributed by atoms with van der Waals surface area (Å²) in [5.74, 6) is 0.824. The lowest BCUT2D eigenvalue weighted by atomic mass is 9.85. The molecular weight excluding hydrogens is 494 g/mol. The largest absolute Gasteiger partial charge is 0.494 e. The number of amides is 1. The molecule has 0 unspecified atom stereocenters. The molecule has 1 heterocycles. The van der Waals surface area contributed by atoms with Gasteiger partial charge in [0, 0.05) is 41.7 Å². The highest BCUT2D eigenvalue weighted by molar-refractivity contribution is 6.01. The molecule has 0 bridgehead atoms. The molecule has 2 atom stereocenters. The van der Waals surface area contributed by atoms with E-state index in [1.807, 2.05) is 55.5 Å². The number of rotatable bonds is 10. The van der Waals surface area contributed by atoms with Crippen LogP contribution < -0.4 is 10.1 Å². The summed E-state index contributed by atoms with van der Waals surface area (Å²) in [6, 6.07) is 22.7. The first-order valence-electron chi connectivity index (χ1n) is 13.1. The Morgan fingerprint density at radius 3 is 2.51 bits per heavy atom. The lowest BCUT2D eigenvalue weighted by Crippen LogP contribution is -2.55. The first-order chi connectivity index (χ1) is 19.0. The van der Waals surface area contributed by atoms with Crippen molar-refractivity contribution in [2.45, 2.75) is 50.3 Å². The number of aliphatic hydroxyl groups is 1. The van der Waals surface area contributed by atoms with Crippen LogP contribution in [0.25, 0.3) is 10.4 Å². The molecule has 9 nitrogen and oxygen atoms in total. The Kier molecular flexibility index (Phi) is 7.81. The Morgan fingerprint density at radius 1 is 1.13 bits per heavy atom. The summed E-state index contributed by atoms with van der Waals surface area (Å²) in [7, 11) is 0. The highest BCUT2D eigenvalue weighted by Gasteiger charge is 2.51.